The van der Waals surface area contributed by atoms with Crippen LogP contribution in [0, 0.1) is 0 Å². The van der Waals surface area contributed by atoms with E-state index in [-0.39, 0.29) is 32.5 Å². The van der Waals surface area contributed by atoms with E-state index in [1.165, 1.54) is 41.2 Å². The predicted octanol–water partition coefficient (Wildman–Crippen LogP) is 4.24. The molecule has 0 aliphatic heterocycles. The summed E-state index contributed by atoms with van der Waals surface area (Å²) in [6.45, 7) is 0. The largest absolute Gasteiger partial charge is 0.507 e. The van der Waals surface area contributed by atoms with E-state index in [0.717, 1.165) is 0 Å². The monoisotopic (exact) mass is 477 g/mol. The molecule has 2 aromatic heterocycles. The molecule has 0 saturated heterocycles. The number of phenolic OH excluding ortho intramolecular Hbond substituents is 1. The van der Waals surface area contributed by atoms with Crippen LogP contribution in [-0.4, -0.2) is 34.4 Å². The Morgan fingerprint density at radius 2 is 1.58 bits per heavy atom. The van der Waals surface area contributed by atoms with Gasteiger partial charge in [-0.3, -0.25) is 0 Å². The van der Waals surface area contributed by atoms with E-state index < -0.39 is 9.84 Å². The van der Waals surface area contributed by atoms with Crippen LogP contribution in [0.15, 0.2) is 87.7 Å². The number of halogens is 1. The molecule has 0 amide bonds. The SMILES string of the molecule is Nc1c(S(=O)(=O)c2ccc(Cl)cc2)c2nc3ccccc3nc2n1/N=C/c1ccccc1O. The number of nitrogens with two attached hydrogens (primary N) is 1. The first kappa shape index (κ1) is 20.9. The van der Waals surface area contributed by atoms with Gasteiger partial charge in [-0.25, -0.2) is 18.4 Å². The third-order valence-electron chi connectivity index (χ3n) is 5.07. The van der Waals surface area contributed by atoms with Crippen LogP contribution in [0.5, 0.6) is 5.75 Å². The Bertz CT molecular complexity index is 1660. The van der Waals surface area contributed by atoms with Crippen LogP contribution in [0.25, 0.3) is 22.2 Å². The molecular formula is C23H16ClN5O3S. The standard InChI is InChI=1S/C23H16ClN5O3S/c24-15-9-11-16(12-10-15)33(31,32)21-20-23(28-18-7-3-2-6-17(18)27-20)29(22(21)25)26-13-14-5-1-4-8-19(14)30/h1-13,30H,25H2/b26-13+. The molecule has 3 aromatic carbocycles. The summed E-state index contributed by atoms with van der Waals surface area (Å²) >= 11 is 5.93. The Morgan fingerprint density at radius 3 is 2.27 bits per heavy atom. The molecule has 0 saturated carbocycles. The smallest absolute Gasteiger partial charge is 0.212 e. The maximum Gasteiger partial charge on any atom is 0.212 e. The fourth-order valence-electron chi connectivity index (χ4n) is 3.45. The number of aromatic nitrogens is 3. The summed E-state index contributed by atoms with van der Waals surface area (Å²) in [7, 11) is -4.08. The van der Waals surface area contributed by atoms with Gasteiger partial charge in [0.15, 0.2) is 5.65 Å². The Labute approximate surface area is 193 Å². The highest BCUT2D eigenvalue weighted by Crippen LogP contribution is 2.35. The highest BCUT2D eigenvalue weighted by Gasteiger charge is 2.30. The fraction of sp³-hybridized carbons (Fsp3) is 0. The first-order valence-corrected chi connectivity index (χ1v) is 11.6. The number of para-hydroxylation sites is 3. The van der Waals surface area contributed by atoms with Gasteiger partial charge in [0.05, 0.1) is 22.1 Å². The van der Waals surface area contributed by atoms with E-state index in [1.807, 2.05) is 0 Å². The van der Waals surface area contributed by atoms with Crippen molar-refractivity contribution < 1.29 is 13.5 Å². The number of aromatic hydroxyl groups is 1. The van der Waals surface area contributed by atoms with Crippen LogP contribution < -0.4 is 5.73 Å². The topological polar surface area (TPSA) is 123 Å². The molecule has 0 fully saturated rings. The summed E-state index contributed by atoms with van der Waals surface area (Å²) in [5.74, 6) is -0.135. The first-order chi connectivity index (χ1) is 15.9. The molecule has 0 aliphatic rings. The van der Waals surface area contributed by atoms with Gasteiger partial charge >= 0.3 is 0 Å². The highest BCUT2D eigenvalue weighted by molar-refractivity contribution is 7.92. The van der Waals surface area contributed by atoms with Gasteiger partial charge < -0.3 is 10.8 Å². The van der Waals surface area contributed by atoms with Crippen molar-refractivity contribution in [3.05, 3.63) is 83.4 Å². The van der Waals surface area contributed by atoms with Gasteiger partial charge in [0, 0.05) is 10.6 Å². The van der Waals surface area contributed by atoms with Crippen LogP contribution in [0.2, 0.25) is 5.02 Å². The van der Waals surface area contributed by atoms with Gasteiger partial charge in [-0.05, 0) is 48.5 Å². The zero-order chi connectivity index (χ0) is 23.2. The molecule has 5 aromatic rings. The number of hydrogen-bond acceptors (Lipinski definition) is 7. The Morgan fingerprint density at radius 1 is 0.939 bits per heavy atom. The lowest BCUT2D eigenvalue weighted by molar-refractivity contribution is 0.474. The number of rotatable bonds is 4. The van der Waals surface area contributed by atoms with Crippen molar-refractivity contribution in [2.75, 3.05) is 5.73 Å². The molecule has 0 aliphatic carbocycles. The third kappa shape index (κ3) is 3.57. The molecule has 10 heteroatoms. The lowest BCUT2D eigenvalue weighted by Crippen LogP contribution is -2.06. The quantitative estimate of drug-likeness (QED) is 0.373. The molecule has 33 heavy (non-hydrogen) atoms. The van der Waals surface area contributed by atoms with Gasteiger partial charge in [0.25, 0.3) is 0 Å². The Hall–Kier alpha value is -3.95. The number of hydrogen-bond donors (Lipinski definition) is 2. The van der Waals surface area contributed by atoms with Gasteiger partial charge in [-0.2, -0.15) is 9.78 Å². The van der Waals surface area contributed by atoms with Crippen molar-refractivity contribution in [2.24, 2.45) is 5.10 Å². The molecule has 5 rings (SSSR count). The Balaban J connectivity index is 1.81. The number of benzene rings is 3. The molecule has 0 atom stereocenters. The van der Waals surface area contributed by atoms with Crippen molar-refractivity contribution >= 4 is 55.7 Å². The van der Waals surface area contributed by atoms with Crippen molar-refractivity contribution in [3.63, 3.8) is 0 Å². The zero-order valence-corrected chi connectivity index (χ0v) is 18.5. The number of phenols is 1. The molecule has 0 radical (unpaired) electrons. The number of nitrogen functional groups attached to an aromatic ring is 1. The molecule has 8 nitrogen and oxygen atoms in total. The van der Waals surface area contributed by atoms with Crippen molar-refractivity contribution in [2.45, 2.75) is 9.79 Å². The second kappa shape index (κ2) is 7.88. The second-order valence-electron chi connectivity index (χ2n) is 7.17. The average Bonchev–Trinajstić information content (AvgIpc) is 3.08. The second-order valence-corrected chi connectivity index (χ2v) is 9.49. The van der Waals surface area contributed by atoms with Gasteiger partial charge in [0.1, 0.15) is 22.0 Å². The number of fused-ring (bicyclic) bond motifs is 2. The zero-order valence-electron chi connectivity index (χ0n) is 16.9. The van der Waals surface area contributed by atoms with Crippen LogP contribution in [0.1, 0.15) is 5.56 Å². The van der Waals surface area contributed by atoms with Crippen LogP contribution in [-0.2, 0) is 9.84 Å². The fourth-order valence-corrected chi connectivity index (χ4v) is 5.06. The number of nitrogens with zero attached hydrogens (tertiary/aromatic N) is 4. The maximum absolute atomic E-state index is 13.6. The molecule has 164 valence electrons. The minimum absolute atomic E-state index is 0.0114. The van der Waals surface area contributed by atoms with E-state index >= 15 is 0 Å². The Kier molecular flexibility index (Phi) is 4.99. The van der Waals surface area contributed by atoms with Crippen LogP contribution >= 0.6 is 11.6 Å². The van der Waals surface area contributed by atoms with Gasteiger partial charge in [-0.1, -0.05) is 35.9 Å². The van der Waals surface area contributed by atoms with Crippen molar-refractivity contribution in [1.82, 2.24) is 14.6 Å². The lowest BCUT2D eigenvalue weighted by atomic mass is 10.2. The van der Waals surface area contributed by atoms with Crippen molar-refractivity contribution in [3.8, 4) is 5.75 Å². The minimum Gasteiger partial charge on any atom is -0.507 e. The summed E-state index contributed by atoms with van der Waals surface area (Å²) in [5.41, 5.74) is 8.09. The van der Waals surface area contributed by atoms with Crippen LogP contribution in [0.4, 0.5) is 5.82 Å². The van der Waals surface area contributed by atoms with E-state index in [0.29, 0.717) is 21.6 Å². The van der Waals surface area contributed by atoms with Crippen LogP contribution in [0.3, 0.4) is 0 Å². The summed E-state index contributed by atoms with van der Waals surface area (Å²) in [6, 6.07) is 19.5. The average molecular weight is 478 g/mol. The minimum atomic E-state index is -4.08. The number of anilines is 1. The summed E-state index contributed by atoms with van der Waals surface area (Å²) in [4.78, 5) is 8.93. The molecule has 3 N–H and O–H groups in total. The highest BCUT2D eigenvalue weighted by atomic mass is 35.5. The summed E-state index contributed by atoms with van der Waals surface area (Å²) in [5, 5.41) is 14.8. The first-order valence-electron chi connectivity index (χ1n) is 9.76. The molecule has 2 heterocycles. The predicted molar refractivity (Wildman–Crippen MR) is 127 cm³/mol. The summed E-state index contributed by atoms with van der Waals surface area (Å²) in [6.07, 6.45) is 1.38. The van der Waals surface area contributed by atoms with E-state index in [2.05, 4.69) is 15.1 Å². The van der Waals surface area contributed by atoms with E-state index in [4.69, 9.17) is 17.3 Å². The molecule has 0 bridgehead atoms. The van der Waals surface area contributed by atoms with E-state index in [1.54, 1.807) is 42.5 Å². The molecule has 0 unspecified atom stereocenters. The normalized spacial score (nSPS) is 12.2. The van der Waals surface area contributed by atoms with E-state index in [9.17, 15) is 13.5 Å². The lowest BCUT2D eigenvalue weighted by Gasteiger charge is -2.05. The maximum atomic E-state index is 13.6. The molecule has 0 spiro atoms. The number of sulfone groups is 1. The van der Waals surface area contributed by atoms with Gasteiger partial charge in [-0.15, -0.1) is 0 Å². The summed E-state index contributed by atoms with van der Waals surface area (Å²) < 4.78 is 28.3. The third-order valence-corrected chi connectivity index (χ3v) is 7.16. The molecular weight excluding hydrogens is 462 g/mol. The van der Waals surface area contributed by atoms with Crippen molar-refractivity contribution in [1.29, 1.82) is 0 Å². The van der Waals surface area contributed by atoms with Gasteiger partial charge in [0.2, 0.25) is 9.84 Å².